The van der Waals surface area contributed by atoms with E-state index in [9.17, 15) is 0 Å². The monoisotopic (exact) mass is 681 g/mol. The molecule has 242 valence electrons. The lowest BCUT2D eigenvalue weighted by atomic mass is 9.94. The van der Waals surface area contributed by atoms with Crippen LogP contribution in [0.2, 0.25) is 0 Å². The summed E-state index contributed by atoms with van der Waals surface area (Å²) in [7, 11) is 0. The molecule has 11 rings (SSSR count). The van der Waals surface area contributed by atoms with Crippen molar-refractivity contribution < 1.29 is 4.42 Å². The predicted octanol–water partition coefficient (Wildman–Crippen LogP) is 13.1. The summed E-state index contributed by atoms with van der Waals surface area (Å²) in [5.41, 5.74) is 6.86. The van der Waals surface area contributed by atoms with Crippen molar-refractivity contribution in [2.24, 2.45) is 0 Å². The molecule has 0 N–H and O–H groups in total. The second-order valence-corrected chi connectivity index (χ2v) is 14.2. The second-order valence-electron chi connectivity index (χ2n) is 13.1. The smallest absolute Gasteiger partial charge is 0.164 e. The van der Waals surface area contributed by atoms with E-state index in [1.165, 1.54) is 42.1 Å². The van der Waals surface area contributed by atoms with Crippen LogP contribution >= 0.6 is 11.3 Å². The zero-order chi connectivity index (χ0) is 34.2. The number of hydrogen-bond donors (Lipinski definition) is 0. The van der Waals surface area contributed by atoms with E-state index in [2.05, 4.69) is 103 Å². The summed E-state index contributed by atoms with van der Waals surface area (Å²) in [4.78, 5) is 15.5. The Kier molecular flexibility index (Phi) is 6.39. The first-order valence-corrected chi connectivity index (χ1v) is 18.2. The average molecular weight is 682 g/mol. The molecule has 0 radical (unpaired) electrons. The van der Waals surface area contributed by atoms with Gasteiger partial charge in [-0.05, 0) is 51.4 Å². The lowest BCUT2D eigenvalue weighted by molar-refractivity contribution is 0.669. The van der Waals surface area contributed by atoms with E-state index in [-0.39, 0.29) is 0 Å². The van der Waals surface area contributed by atoms with Crippen molar-refractivity contribution in [1.29, 1.82) is 0 Å². The molecule has 0 aliphatic rings. The molecule has 0 aliphatic heterocycles. The molecule has 0 saturated heterocycles. The Bertz CT molecular complexity index is 3200. The summed E-state index contributed by atoms with van der Waals surface area (Å²) in [5, 5.41) is 9.39. The Labute approximate surface area is 302 Å². The summed E-state index contributed by atoms with van der Waals surface area (Å²) < 4.78 is 8.85. The number of thiophene rings is 1. The number of furan rings is 1. The highest BCUT2D eigenvalue weighted by Crippen LogP contribution is 2.44. The number of hydrogen-bond acceptors (Lipinski definition) is 5. The maximum Gasteiger partial charge on any atom is 0.164 e. The topological polar surface area (TPSA) is 51.8 Å². The van der Waals surface area contributed by atoms with Crippen molar-refractivity contribution in [2.75, 3.05) is 0 Å². The summed E-state index contributed by atoms with van der Waals surface area (Å²) in [6.45, 7) is 0. The Morgan fingerprint density at radius 3 is 1.81 bits per heavy atom. The van der Waals surface area contributed by atoms with E-state index in [4.69, 9.17) is 19.4 Å². The third-order valence-electron chi connectivity index (χ3n) is 10.1. The molecule has 0 unspecified atom stereocenters. The minimum absolute atomic E-state index is 0.608. The molecule has 52 heavy (non-hydrogen) atoms. The number of rotatable bonds is 4. The van der Waals surface area contributed by atoms with Crippen molar-refractivity contribution in [2.45, 2.75) is 0 Å². The van der Waals surface area contributed by atoms with E-state index in [1.54, 1.807) is 0 Å². The van der Waals surface area contributed by atoms with Gasteiger partial charge in [0.25, 0.3) is 0 Å². The molecule has 3 heterocycles. The molecule has 4 nitrogen and oxygen atoms in total. The third-order valence-corrected chi connectivity index (χ3v) is 11.3. The summed E-state index contributed by atoms with van der Waals surface area (Å²) in [5.74, 6) is 1.86. The van der Waals surface area contributed by atoms with Crippen LogP contribution in [-0.2, 0) is 0 Å². The molecule has 8 aromatic carbocycles. The first kappa shape index (κ1) is 29.1. The Morgan fingerprint density at radius 2 is 0.962 bits per heavy atom. The Morgan fingerprint density at radius 1 is 0.385 bits per heavy atom. The maximum atomic E-state index is 6.26. The van der Waals surface area contributed by atoms with Crippen LogP contribution in [0.1, 0.15) is 0 Å². The molecule has 0 bridgehead atoms. The van der Waals surface area contributed by atoms with Gasteiger partial charge in [-0.25, -0.2) is 15.0 Å². The minimum atomic E-state index is 0.608. The predicted molar refractivity (Wildman–Crippen MR) is 217 cm³/mol. The fourth-order valence-corrected chi connectivity index (χ4v) is 8.99. The Balaban J connectivity index is 1.14. The highest BCUT2D eigenvalue weighted by Gasteiger charge is 2.20. The van der Waals surface area contributed by atoms with Crippen LogP contribution < -0.4 is 0 Å². The van der Waals surface area contributed by atoms with Gasteiger partial charge < -0.3 is 4.42 Å². The van der Waals surface area contributed by atoms with Gasteiger partial charge in [-0.1, -0.05) is 140 Å². The molecule has 0 saturated carbocycles. The maximum absolute atomic E-state index is 6.26. The third kappa shape index (κ3) is 4.50. The van der Waals surface area contributed by atoms with Crippen LogP contribution in [0, 0.1) is 0 Å². The normalized spacial score (nSPS) is 11.8. The molecule has 0 amide bonds. The Hall–Kier alpha value is -6.69. The quantitative estimate of drug-likeness (QED) is 0.185. The van der Waals surface area contributed by atoms with E-state index in [0.29, 0.717) is 17.5 Å². The number of benzene rings is 8. The zero-order valence-electron chi connectivity index (χ0n) is 27.7. The van der Waals surface area contributed by atoms with Crippen LogP contribution in [0.5, 0.6) is 0 Å². The molecule has 11 aromatic rings. The zero-order valence-corrected chi connectivity index (χ0v) is 28.6. The number of fused-ring (bicyclic) bond motifs is 8. The number of nitrogens with zero attached hydrogens (tertiary/aromatic N) is 3. The van der Waals surface area contributed by atoms with Gasteiger partial charge in [0.15, 0.2) is 17.5 Å². The number of aromatic nitrogens is 3. The molecule has 0 atom stereocenters. The van der Waals surface area contributed by atoms with Gasteiger partial charge in [-0.3, -0.25) is 0 Å². The molecular formula is C47H27N3OS. The first-order valence-electron chi connectivity index (χ1n) is 17.4. The van der Waals surface area contributed by atoms with Gasteiger partial charge in [0.2, 0.25) is 0 Å². The van der Waals surface area contributed by atoms with Crippen molar-refractivity contribution in [3.63, 3.8) is 0 Å². The molecule has 5 heteroatoms. The summed E-state index contributed by atoms with van der Waals surface area (Å²) >= 11 is 1.87. The van der Waals surface area contributed by atoms with Crippen LogP contribution in [0.4, 0.5) is 0 Å². The molecule has 3 aromatic heterocycles. The summed E-state index contributed by atoms with van der Waals surface area (Å²) in [6, 6.07) is 57.4. The van der Waals surface area contributed by atoms with Gasteiger partial charge in [0, 0.05) is 53.2 Å². The minimum Gasteiger partial charge on any atom is -0.456 e. The fourth-order valence-electron chi connectivity index (χ4n) is 7.73. The van der Waals surface area contributed by atoms with Gasteiger partial charge in [-0.15, -0.1) is 11.3 Å². The largest absolute Gasteiger partial charge is 0.456 e. The van der Waals surface area contributed by atoms with Gasteiger partial charge in [-0.2, -0.15) is 0 Å². The SMILES string of the molecule is c1ccc(-c2nc(-c3cccc4c(-c5cccc6c5sc5cc7ccccc7cc56)cccc34)nc(-c3cccc4oc5ccccc5c34)n2)cc1. The molecular weight excluding hydrogens is 655 g/mol. The van der Waals surface area contributed by atoms with E-state index >= 15 is 0 Å². The fraction of sp³-hybridized carbons (Fsp3) is 0. The lowest BCUT2D eigenvalue weighted by Gasteiger charge is -2.13. The highest BCUT2D eigenvalue weighted by atomic mass is 32.1. The standard InChI is InChI=1S/C47H27N3OS/c1-2-12-28(13-3-1)45-48-46(50-47(49-45)38-23-11-25-41-43(38)37-16-6-7-24-40(37)51-41)36-22-9-17-31-32(18-8-19-33(31)36)34-20-10-21-35-39-26-29-14-4-5-15-30(29)27-42(39)52-44(34)35/h1-27H. The first-order chi connectivity index (χ1) is 25.8. The van der Waals surface area contributed by atoms with Gasteiger partial charge in [0.05, 0.1) is 0 Å². The lowest BCUT2D eigenvalue weighted by Crippen LogP contribution is -2.01. The summed E-state index contributed by atoms with van der Waals surface area (Å²) in [6.07, 6.45) is 0. The van der Waals surface area contributed by atoms with E-state index in [1.807, 2.05) is 72.0 Å². The van der Waals surface area contributed by atoms with Crippen LogP contribution in [0.25, 0.3) is 109 Å². The van der Waals surface area contributed by atoms with Crippen molar-refractivity contribution >= 4 is 75.0 Å². The average Bonchev–Trinajstić information content (AvgIpc) is 3.78. The molecule has 0 fully saturated rings. The second kappa shape index (κ2) is 11.4. The van der Waals surface area contributed by atoms with E-state index < -0.39 is 0 Å². The van der Waals surface area contributed by atoms with Crippen molar-refractivity contribution in [3.8, 4) is 45.3 Å². The van der Waals surface area contributed by atoms with Gasteiger partial charge in [0.1, 0.15) is 11.2 Å². The molecule has 0 spiro atoms. The van der Waals surface area contributed by atoms with Crippen LogP contribution in [0.3, 0.4) is 0 Å². The van der Waals surface area contributed by atoms with Crippen LogP contribution in [-0.4, -0.2) is 15.0 Å². The number of para-hydroxylation sites is 1. The van der Waals surface area contributed by atoms with E-state index in [0.717, 1.165) is 49.4 Å². The van der Waals surface area contributed by atoms with Crippen molar-refractivity contribution in [1.82, 2.24) is 15.0 Å². The highest BCUT2D eigenvalue weighted by molar-refractivity contribution is 7.26. The van der Waals surface area contributed by atoms with Gasteiger partial charge >= 0.3 is 0 Å². The molecule has 0 aliphatic carbocycles. The van der Waals surface area contributed by atoms with Crippen molar-refractivity contribution in [3.05, 3.63) is 164 Å². The van der Waals surface area contributed by atoms with Crippen LogP contribution in [0.15, 0.2) is 168 Å².